The van der Waals surface area contributed by atoms with E-state index in [4.69, 9.17) is 4.74 Å². The highest BCUT2D eigenvalue weighted by Gasteiger charge is 2.28. The molecule has 4 rings (SSSR count). The quantitative estimate of drug-likeness (QED) is 0.723. The molecule has 0 spiro atoms. The number of rotatable bonds is 4. The molecule has 0 N–H and O–H groups in total. The Morgan fingerprint density at radius 3 is 3.00 bits per heavy atom. The van der Waals surface area contributed by atoms with E-state index in [1.165, 1.54) is 0 Å². The number of thiazole rings is 1. The van der Waals surface area contributed by atoms with Crippen molar-refractivity contribution < 1.29 is 9.53 Å². The van der Waals surface area contributed by atoms with Crippen LogP contribution in [0.5, 0.6) is 5.75 Å². The Morgan fingerprint density at radius 2 is 2.29 bits per heavy atom. The molecule has 5 nitrogen and oxygen atoms in total. The summed E-state index contributed by atoms with van der Waals surface area (Å²) in [4.78, 5) is 16.0. The maximum Gasteiger partial charge on any atom is 0.133 e. The minimum Gasteiger partial charge on any atom is -0.490 e. The number of nitrogens with zero attached hydrogens (tertiary/aromatic N) is 3. The summed E-state index contributed by atoms with van der Waals surface area (Å²) in [6, 6.07) is 4.08. The fourth-order valence-electron chi connectivity index (χ4n) is 3.35. The van der Waals surface area contributed by atoms with Crippen LogP contribution in [0.2, 0.25) is 0 Å². The molecule has 2 atom stereocenters. The highest BCUT2D eigenvalue weighted by Crippen LogP contribution is 2.35. The van der Waals surface area contributed by atoms with Gasteiger partial charge in [0.25, 0.3) is 0 Å². The first kappa shape index (κ1) is 15.3. The van der Waals surface area contributed by atoms with Crippen molar-refractivity contribution in [3.05, 3.63) is 29.2 Å². The molecule has 2 heterocycles. The first-order valence-electron chi connectivity index (χ1n) is 8.14. The molecule has 0 bridgehead atoms. The summed E-state index contributed by atoms with van der Waals surface area (Å²) in [5.41, 5.74) is 4.66. The van der Waals surface area contributed by atoms with E-state index in [0.29, 0.717) is 24.5 Å². The van der Waals surface area contributed by atoms with Gasteiger partial charge < -0.3 is 4.74 Å². The lowest BCUT2D eigenvalue weighted by Crippen LogP contribution is -2.21. The van der Waals surface area contributed by atoms with Crippen LogP contribution in [0.3, 0.4) is 0 Å². The molecule has 1 aliphatic carbocycles. The van der Waals surface area contributed by atoms with Crippen LogP contribution in [0.1, 0.15) is 26.2 Å². The van der Waals surface area contributed by atoms with E-state index in [1.807, 2.05) is 36.3 Å². The SMILES string of the molecule is C[C@@H](Oc1cc(-c2cscn2)cc2nn(C)cc12)[C@H]1CCC(=O)C1. The third kappa shape index (κ3) is 2.82. The number of carbonyl (C=O) groups is 1. The van der Waals surface area contributed by atoms with E-state index in [2.05, 4.69) is 17.0 Å². The Morgan fingerprint density at radius 1 is 1.42 bits per heavy atom. The van der Waals surface area contributed by atoms with E-state index in [1.54, 1.807) is 16.0 Å². The molecule has 1 fully saturated rings. The zero-order valence-electron chi connectivity index (χ0n) is 13.7. The highest BCUT2D eigenvalue weighted by atomic mass is 32.1. The number of benzene rings is 1. The number of Topliss-reactive ketones (excluding diaryl/α,β-unsaturated/α-hetero) is 1. The predicted octanol–water partition coefficient (Wildman–Crippen LogP) is 3.83. The Labute approximate surface area is 144 Å². The molecule has 0 amide bonds. The third-order valence-corrected chi connectivity index (χ3v) is 5.28. The minimum atomic E-state index is 0.00513. The zero-order chi connectivity index (χ0) is 16.7. The molecule has 24 heavy (non-hydrogen) atoms. The summed E-state index contributed by atoms with van der Waals surface area (Å²) in [5, 5.41) is 7.53. The number of fused-ring (bicyclic) bond motifs is 1. The average molecular weight is 341 g/mol. The number of hydrogen-bond donors (Lipinski definition) is 0. The molecule has 2 aromatic heterocycles. The average Bonchev–Trinajstić information content (AvgIpc) is 3.26. The first-order chi connectivity index (χ1) is 11.6. The molecule has 0 radical (unpaired) electrons. The lowest BCUT2D eigenvalue weighted by Gasteiger charge is -2.21. The van der Waals surface area contributed by atoms with Crippen molar-refractivity contribution in [1.29, 1.82) is 0 Å². The molecule has 124 valence electrons. The van der Waals surface area contributed by atoms with Gasteiger partial charge in [0, 0.05) is 42.9 Å². The van der Waals surface area contributed by atoms with Crippen molar-refractivity contribution in [2.75, 3.05) is 0 Å². The van der Waals surface area contributed by atoms with Gasteiger partial charge in [-0.15, -0.1) is 11.3 Å². The molecule has 0 saturated heterocycles. The Kier molecular flexibility index (Phi) is 3.84. The van der Waals surface area contributed by atoms with Crippen LogP contribution in [0.15, 0.2) is 29.2 Å². The minimum absolute atomic E-state index is 0.00513. The Hall–Kier alpha value is -2.21. The molecule has 6 heteroatoms. The molecule has 3 aromatic rings. The van der Waals surface area contributed by atoms with Crippen LogP contribution < -0.4 is 4.74 Å². The summed E-state index contributed by atoms with van der Waals surface area (Å²) < 4.78 is 8.08. The van der Waals surface area contributed by atoms with Gasteiger partial charge in [-0.2, -0.15) is 5.10 Å². The van der Waals surface area contributed by atoms with Gasteiger partial charge >= 0.3 is 0 Å². The summed E-state index contributed by atoms with van der Waals surface area (Å²) in [7, 11) is 1.91. The summed E-state index contributed by atoms with van der Waals surface area (Å²) in [6.07, 6.45) is 4.21. The molecular formula is C18H19N3O2S. The van der Waals surface area contributed by atoms with Crippen molar-refractivity contribution >= 4 is 28.0 Å². The van der Waals surface area contributed by atoms with Gasteiger partial charge in [0.2, 0.25) is 0 Å². The highest BCUT2D eigenvalue weighted by molar-refractivity contribution is 7.07. The van der Waals surface area contributed by atoms with Crippen molar-refractivity contribution in [2.45, 2.75) is 32.3 Å². The second kappa shape index (κ2) is 6.02. The fraction of sp³-hybridized carbons (Fsp3) is 0.389. The summed E-state index contributed by atoms with van der Waals surface area (Å²) in [6.45, 7) is 2.06. The van der Waals surface area contributed by atoms with Crippen LogP contribution in [-0.4, -0.2) is 26.7 Å². The van der Waals surface area contributed by atoms with Crippen molar-refractivity contribution in [3.63, 3.8) is 0 Å². The number of aromatic nitrogens is 3. The van der Waals surface area contributed by atoms with Gasteiger partial charge in [0.15, 0.2) is 0 Å². The smallest absolute Gasteiger partial charge is 0.133 e. The first-order valence-corrected chi connectivity index (χ1v) is 9.09. The zero-order valence-corrected chi connectivity index (χ0v) is 14.5. The van der Waals surface area contributed by atoms with E-state index >= 15 is 0 Å². The van der Waals surface area contributed by atoms with Crippen LogP contribution >= 0.6 is 11.3 Å². The standard InChI is InChI=1S/C18H19N3O2S/c1-11(12-3-4-14(22)5-12)23-18-7-13(17-9-24-10-19-17)6-16-15(18)8-21(2)20-16/h6-12H,3-5H2,1-2H3/t11-,12+/m1/s1. The molecule has 0 aliphatic heterocycles. The third-order valence-electron chi connectivity index (χ3n) is 4.69. The number of hydrogen-bond acceptors (Lipinski definition) is 5. The topological polar surface area (TPSA) is 57.0 Å². The predicted molar refractivity (Wildman–Crippen MR) is 94.3 cm³/mol. The van der Waals surface area contributed by atoms with Gasteiger partial charge in [0.05, 0.1) is 28.2 Å². The lowest BCUT2D eigenvalue weighted by molar-refractivity contribution is -0.117. The number of aryl methyl sites for hydroxylation is 1. The van der Waals surface area contributed by atoms with Gasteiger partial charge in [-0.25, -0.2) is 4.98 Å². The van der Waals surface area contributed by atoms with E-state index in [-0.39, 0.29) is 6.10 Å². The van der Waals surface area contributed by atoms with E-state index in [0.717, 1.165) is 34.3 Å². The lowest BCUT2D eigenvalue weighted by atomic mass is 10.0. The van der Waals surface area contributed by atoms with Crippen LogP contribution in [0, 0.1) is 5.92 Å². The number of ether oxygens (including phenoxy) is 1. The maximum atomic E-state index is 11.6. The van der Waals surface area contributed by atoms with Gasteiger partial charge in [0.1, 0.15) is 11.5 Å². The van der Waals surface area contributed by atoms with Crippen molar-refractivity contribution in [1.82, 2.24) is 14.8 Å². The van der Waals surface area contributed by atoms with Crippen molar-refractivity contribution in [2.24, 2.45) is 13.0 Å². The second-order valence-corrected chi connectivity index (χ2v) is 7.17. The van der Waals surface area contributed by atoms with Crippen molar-refractivity contribution in [3.8, 4) is 17.0 Å². The molecular weight excluding hydrogens is 322 g/mol. The van der Waals surface area contributed by atoms with Gasteiger partial charge in [-0.1, -0.05) is 0 Å². The normalized spacial score (nSPS) is 19.1. The molecule has 0 unspecified atom stereocenters. The maximum absolute atomic E-state index is 11.6. The van der Waals surface area contributed by atoms with Crippen LogP contribution in [0.4, 0.5) is 0 Å². The largest absolute Gasteiger partial charge is 0.490 e. The van der Waals surface area contributed by atoms with Gasteiger partial charge in [-0.3, -0.25) is 9.48 Å². The number of carbonyl (C=O) groups excluding carboxylic acids is 1. The Bertz CT molecular complexity index is 885. The fourth-order valence-corrected chi connectivity index (χ4v) is 3.91. The summed E-state index contributed by atoms with van der Waals surface area (Å²) in [5.74, 6) is 1.46. The van der Waals surface area contributed by atoms with Crippen LogP contribution in [0.25, 0.3) is 22.2 Å². The second-order valence-electron chi connectivity index (χ2n) is 6.45. The van der Waals surface area contributed by atoms with Gasteiger partial charge in [-0.05, 0) is 25.5 Å². The van der Waals surface area contributed by atoms with Crippen LogP contribution in [-0.2, 0) is 11.8 Å². The van der Waals surface area contributed by atoms with E-state index < -0.39 is 0 Å². The molecule has 1 aromatic carbocycles. The molecule has 1 aliphatic rings. The van der Waals surface area contributed by atoms with E-state index in [9.17, 15) is 4.79 Å². The Balaban J connectivity index is 1.71. The number of ketones is 1. The monoisotopic (exact) mass is 341 g/mol. The summed E-state index contributed by atoms with van der Waals surface area (Å²) >= 11 is 1.57. The molecule has 1 saturated carbocycles.